The molecule has 0 radical (unpaired) electrons. The van der Waals surface area contributed by atoms with E-state index in [0.29, 0.717) is 0 Å². The quantitative estimate of drug-likeness (QED) is 0.0832. The van der Waals surface area contributed by atoms with Crippen LogP contribution in [0.3, 0.4) is 0 Å². The molecule has 0 aliphatic carbocycles. The lowest BCUT2D eigenvalue weighted by molar-refractivity contribution is -0.0599. The summed E-state index contributed by atoms with van der Waals surface area (Å²) in [7, 11) is -2.64. The molecule has 0 amide bonds. The fourth-order valence-electron chi connectivity index (χ4n) is 4.74. The van der Waals surface area contributed by atoms with Crippen molar-refractivity contribution in [1.29, 1.82) is 0 Å². The van der Waals surface area contributed by atoms with Gasteiger partial charge in [0.05, 0.1) is 25.6 Å². The number of anilines is 1. The molecule has 6 N–H and O–H groups in total. The van der Waals surface area contributed by atoms with Crippen molar-refractivity contribution in [1.82, 2.24) is 49.9 Å². The van der Waals surface area contributed by atoms with E-state index in [0.717, 1.165) is 15.7 Å². The number of hydrogen-bond donors (Lipinski definition) is 6. The molecule has 0 bridgehead atoms. The van der Waals surface area contributed by atoms with Gasteiger partial charge in [-0.05, 0) is 16.4 Å². The monoisotopic (exact) mass is 696 g/mol. The molecule has 236 valence electrons. The van der Waals surface area contributed by atoms with Crippen LogP contribution in [0.5, 0.6) is 0 Å². The molecule has 2 unspecified atom stereocenters. The van der Waals surface area contributed by atoms with Gasteiger partial charge in [-0.2, -0.15) is 14.3 Å². The van der Waals surface area contributed by atoms with E-state index in [2.05, 4.69) is 52.8 Å². The molecule has 2 saturated heterocycles. The zero-order valence-electron chi connectivity index (χ0n) is 21.7. The number of H-pyrrole nitrogens is 2. The minimum absolute atomic E-state index is 0.00454. The highest BCUT2D eigenvalue weighted by molar-refractivity contribution is 8.39. The van der Waals surface area contributed by atoms with Crippen molar-refractivity contribution in [2.45, 2.75) is 49.5 Å². The third-order valence-corrected chi connectivity index (χ3v) is 8.89. The minimum atomic E-state index is -4.20. The fourth-order valence-corrected chi connectivity index (χ4v) is 6.97. The molecule has 4 aromatic heterocycles. The van der Waals surface area contributed by atoms with Crippen LogP contribution in [0.25, 0.3) is 22.3 Å². The van der Waals surface area contributed by atoms with E-state index in [4.69, 9.17) is 40.6 Å². The van der Waals surface area contributed by atoms with Crippen LogP contribution < -0.4 is 16.9 Å². The molecule has 0 aromatic carbocycles. The highest BCUT2D eigenvalue weighted by Crippen LogP contribution is 2.51. The van der Waals surface area contributed by atoms with Gasteiger partial charge < -0.3 is 39.2 Å². The van der Waals surface area contributed by atoms with E-state index in [1.54, 1.807) is 0 Å². The first-order chi connectivity index (χ1) is 21.0. The molecule has 6 rings (SSSR count). The second-order valence-corrected chi connectivity index (χ2v) is 13.8. The highest BCUT2D eigenvalue weighted by Gasteiger charge is 2.52. The van der Waals surface area contributed by atoms with Gasteiger partial charge in [0.15, 0.2) is 47.1 Å². The van der Waals surface area contributed by atoms with Crippen LogP contribution in [-0.4, -0.2) is 104 Å². The highest BCUT2D eigenvalue weighted by atomic mass is 32.7. The van der Waals surface area contributed by atoms with Gasteiger partial charge >= 0.3 is 13.9 Å². The van der Waals surface area contributed by atoms with Crippen molar-refractivity contribution in [3.8, 4) is 0 Å². The minimum Gasteiger partial charge on any atom is -0.394 e. The number of nitrogens with one attached hydrogen (secondary N) is 2. The average Bonchev–Trinajstić information content (AvgIpc) is 3.73. The SMILES string of the molecule is Nc1nc2c(nnn2[C@@H]2O[C@H](CO)C[C@H]2OP(O)(=S)OC[C@H]2O[C@@H](n3nnc4c(=O)[nH]cnc43)[C@@H](F)[C@@H]2O[P+](=O)S)c(=O)[nH]1. The van der Waals surface area contributed by atoms with Crippen molar-refractivity contribution in [3.05, 3.63) is 27.0 Å². The Kier molecular flexibility index (Phi) is 8.58. The molecule has 2 fully saturated rings. The van der Waals surface area contributed by atoms with E-state index in [9.17, 15) is 24.2 Å². The number of aliphatic hydroxyl groups is 1. The summed E-state index contributed by atoms with van der Waals surface area (Å²) in [6, 6.07) is 0. The van der Waals surface area contributed by atoms with Crippen molar-refractivity contribution in [3.63, 3.8) is 0 Å². The van der Waals surface area contributed by atoms with Crippen LogP contribution in [0.2, 0.25) is 0 Å². The molecule has 2 aliphatic rings. The van der Waals surface area contributed by atoms with E-state index in [1.807, 2.05) is 0 Å². The number of hydrogen-bond acceptors (Lipinski definition) is 17. The van der Waals surface area contributed by atoms with E-state index in [-0.39, 0.29) is 34.7 Å². The van der Waals surface area contributed by atoms with Crippen LogP contribution in [0.1, 0.15) is 18.9 Å². The maximum atomic E-state index is 15.6. The maximum absolute atomic E-state index is 15.6. The summed E-state index contributed by atoms with van der Waals surface area (Å²) in [5.74, 6) is -0.224. The fraction of sp³-hybridized carbons (Fsp3) is 0.556. The molecule has 21 nitrogen and oxygen atoms in total. The van der Waals surface area contributed by atoms with Gasteiger partial charge in [-0.25, -0.2) is 9.37 Å². The number of nitrogen functional groups attached to an aromatic ring is 1. The molecule has 0 saturated carbocycles. The number of thiol groups is 1. The van der Waals surface area contributed by atoms with Crippen LogP contribution in [0.4, 0.5) is 10.3 Å². The molecule has 6 heterocycles. The second kappa shape index (κ2) is 12.1. The molecule has 9 atom stereocenters. The number of aromatic nitrogens is 10. The van der Waals surface area contributed by atoms with Crippen molar-refractivity contribution in [2.24, 2.45) is 0 Å². The lowest BCUT2D eigenvalue weighted by Gasteiger charge is -2.25. The number of nitrogens with zero attached hydrogens (tertiary/aromatic N) is 8. The van der Waals surface area contributed by atoms with Gasteiger partial charge in [-0.1, -0.05) is 10.4 Å². The Morgan fingerprint density at radius 2 is 1.91 bits per heavy atom. The molecule has 0 spiro atoms. The normalized spacial score (nSPS) is 29.0. The summed E-state index contributed by atoms with van der Waals surface area (Å²) in [5, 5.41) is 24.8. The van der Waals surface area contributed by atoms with Gasteiger partial charge in [-0.15, -0.1) is 14.7 Å². The average molecular weight is 697 g/mol. The van der Waals surface area contributed by atoms with E-state index >= 15 is 4.39 Å². The Labute approximate surface area is 253 Å². The van der Waals surface area contributed by atoms with Gasteiger partial charge in [-0.3, -0.25) is 14.6 Å². The summed E-state index contributed by atoms with van der Waals surface area (Å²) < 4.78 is 57.2. The molecule has 26 heteroatoms. The summed E-state index contributed by atoms with van der Waals surface area (Å²) >= 11 is 8.87. The Hall–Kier alpha value is -2.89. The number of alkyl halides is 1. The number of fused-ring (bicyclic) bond motifs is 2. The molecular weight excluding hydrogens is 675 g/mol. The Morgan fingerprint density at radius 1 is 1.20 bits per heavy atom. The molecule has 2 aliphatic heterocycles. The molecular formula is C18H21FN11O10P2S2+. The predicted octanol–water partition coefficient (Wildman–Crippen LogP) is -1.27. The largest absolute Gasteiger partial charge is 0.582 e. The third-order valence-electron chi connectivity index (χ3n) is 6.60. The standard InChI is InChI=1S/C18H20FN11O10P2S2/c19-8-11(39-41(34)43)7(38-17(8)29-12-9(25-27-29)14(32)22-4-21-12)3-36-42(35,44)40-6-1-5(2-31)37-16(6)30-13-10(26-28-30)15(33)24-18(20)23-13/h4-8,11,16-17,31H,1-3H2,(H5-,20,21,22,23,24,27,28,32,33,34,35,43,44)/p+1/t5-,6+,7+,8-,11+,16+,17+,42?/m0/s1. The van der Waals surface area contributed by atoms with Crippen molar-refractivity contribution >= 4 is 66.3 Å². The lowest BCUT2D eigenvalue weighted by Crippen LogP contribution is -2.33. The van der Waals surface area contributed by atoms with Crippen LogP contribution in [0.15, 0.2) is 15.9 Å². The lowest BCUT2D eigenvalue weighted by atomic mass is 10.1. The second-order valence-electron chi connectivity index (χ2n) is 9.39. The topological polar surface area (TPSA) is 283 Å². The first-order valence-electron chi connectivity index (χ1n) is 12.4. The smallest absolute Gasteiger partial charge is 0.394 e. The van der Waals surface area contributed by atoms with Crippen LogP contribution in [0, 0.1) is 0 Å². The summed E-state index contributed by atoms with van der Waals surface area (Å²) in [6.45, 7) is -5.27. The zero-order chi connectivity index (χ0) is 31.3. The van der Waals surface area contributed by atoms with Gasteiger partial charge in [0.2, 0.25) is 5.95 Å². The van der Waals surface area contributed by atoms with Gasteiger partial charge in [0, 0.05) is 6.42 Å². The number of aliphatic hydroxyl groups excluding tert-OH is 1. The van der Waals surface area contributed by atoms with Gasteiger partial charge in [0.25, 0.3) is 11.1 Å². The van der Waals surface area contributed by atoms with E-state index in [1.165, 1.54) is 0 Å². The van der Waals surface area contributed by atoms with Crippen LogP contribution >= 0.6 is 26.2 Å². The summed E-state index contributed by atoms with van der Waals surface area (Å²) in [5.41, 5.74) is 3.86. The molecule has 44 heavy (non-hydrogen) atoms. The molecule has 4 aromatic rings. The number of ether oxygens (including phenoxy) is 2. The zero-order valence-corrected chi connectivity index (χ0v) is 25.2. The maximum Gasteiger partial charge on any atom is 0.582 e. The van der Waals surface area contributed by atoms with Crippen LogP contribution in [-0.2, 0) is 39.4 Å². The number of nitrogens with two attached hydrogens (primary N) is 1. The van der Waals surface area contributed by atoms with Crippen molar-refractivity contribution < 1.29 is 42.0 Å². The third kappa shape index (κ3) is 5.90. The Balaban J connectivity index is 1.21. The van der Waals surface area contributed by atoms with Crippen molar-refractivity contribution in [2.75, 3.05) is 18.9 Å². The number of rotatable bonds is 10. The Bertz CT molecular complexity index is 1890. The summed E-state index contributed by atoms with van der Waals surface area (Å²) in [6.07, 6.45) is -8.54. The first-order valence-corrected chi connectivity index (χ1v) is 17.3. The number of halogens is 1. The number of aromatic amines is 2. The summed E-state index contributed by atoms with van der Waals surface area (Å²) in [4.78, 5) is 47.7. The Morgan fingerprint density at radius 3 is 2.61 bits per heavy atom. The first kappa shape index (κ1) is 31.1. The predicted molar refractivity (Wildman–Crippen MR) is 150 cm³/mol. The van der Waals surface area contributed by atoms with Gasteiger partial charge in [0.1, 0.15) is 24.5 Å². The van der Waals surface area contributed by atoms with E-state index < -0.39 is 81.3 Å².